The van der Waals surface area contributed by atoms with Crippen molar-refractivity contribution in [3.63, 3.8) is 0 Å². The van der Waals surface area contributed by atoms with Crippen molar-refractivity contribution in [3.05, 3.63) is 32.6 Å². The molecule has 17 nitrogen and oxygen atoms in total. The first-order chi connectivity index (χ1) is 25.1. The molecule has 3 atom stereocenters. The molecule has 1 aromatic heterocycles. The van der Waals surface area contributed by atoms with E-state index in [9.17, 15) is 33.6 Å². The van der Waals surface area contributed by atoms with Gasteiger partial charge in [0.15, 0.2) is 0 Å². The summed E-state index contributed by atoms with van der Waals surface area (Å²) in [6.07, 6.45) is 1.36. The number of hydrogen-bond acceptors (Lipinski definition) is 15. The van der Waals surface area contributed by atoms with Gasteiger partial charge in [0.1, 0.15) is 39.6 Å². The molecule has 0 radical (unpaired) electrons. The van der Waals surface area contributed by atoms with Crippen LogP contribution < -0.4 is 11.2 Å². The third-order valence-electron chi connectivity index (χ3n) is 8.62. The first kappa shape index (κ1) is 46.9. The van der Waals surface area contributed by atoms with Crippen molar-refractivity contribution < 1.29 is 57.1 Å². The van der Waals surface area contributed by atoms with E-state index >= 15 is 0 Å². The lowest BCUT2D eigenvalue weighted by Crippen LogP contribution is -2.36. The van der Waals surface area contributed by atoms with Gasteiger partial charge in [0.2, 0.25) is 0 Å². The first-order valence-corrected chi connectivity index (χ1v) is 18.0. The third-order valence-corrected chi connectivity index (χ3v) is 8.62. The predicted octanol–water partition coefficient (Wildman–Crippen LogP) is 1.65. The number of esters is 5. The van der Waals surface area contributed by atoms with Crippen molar-refractivity contribution in [2.75, 3.05) is 80.1 Å². The Bertz CT molecular complexity index is 1420. The van der Waals surface area contributed by atoms with E-state index in [1.165, 1.54) is 27.3 Å². The second-order valence-corrected chi connectivity index (χ2v) is 13.1. The maximum absolute atomic E-state index is 13.6. The highest BCUT2D eigenvalue weighted by atomic mass is 16.6. The van der Waals surface area contributed by atoms with Crippen LogP contribution in [0.15, 0.2) is 15.8 Å². The Kier molecular flexibility index (Phi) is 22.2. The fraction of sp³-hybridized carbons (Fsp3) is 0.750. The summed E-state index contributed by atoms with van der Waals surface area (Å²) in [5.41, 5.74) is -2.25. The first-order valence-electron chi connectivity index (χ1n) is 18.0. The zero-order chi connectivity index (χ0) is 40.0. The molecule has 0 fully saturated rings. The highest BCUT2D eigenvalue weighted by molar-refractivity contribution is 5.80. The van der Waals surface area contributed by atoms with Crippen LogP contribution in [0.5, 0.6) is 0 Å². The zero-order valence-electron chi connectivity index (χ0n) is 32.5. The van der Waals surface area contributed by atoms with E-state index in [2.05, 4.69) is 9.88 Å². The van der Waals surface area contributed by atoms with Gasteiger partial charge >= 0.3 is 35.5 Å². The van der Waals surface area contributed by atoms with E-state index in [1.54, 1.807) is 20.8 Å². The molecule has 302 valence electrons. The molecule has 0 saturated carbocycles. The van der Waals surface area contributed by atoms with Gasteiger partial charge in [-0.2, -0.15) is 0 Å². The molecule has 0 amide bonds. The summed E-state index contributed by atoms with van der Waals surface area (Å²) in [5.74, 6) is -5.97. The minimum Gasteiger partial charge on any atom is -0.464 e. The van der Waals surface area contributed by atoms with E-state index in [1.807, 2.05) is 13.8 Å². The topological polar surface area (TPSA) is 208 Å². The minimum atomic E-state index is -1.15. The predicted molar refractivity (Wildman–Crippen MR) is 191 cm³/mol. The van der Waals surface area contributed by atoms with E-state index < -0.39 is 70.8 Å². The number of ether oxygens (including phenoxy) is 7. The summed E-state index contributed by atoms with van der Waals surface area (Å²) in [6.45, 7) is 11.9. The third kappa shape index (κ3) is 17.5. The van der Waals surface area contributed by atoms with Gasteiger partial charge in [-0.05, 0) is 59.5 Å². The summed E-state index contributed by atoms with van der Waals surface area (Å²) < 4.78 is 37.9. The largest absolute Gasteiger partial charge is 0.464 e. The van der Waals surface area contributed by atoms with Crippen LogP contribution in [0, 0.1) is 30.1 Å². The number of methoxy groups -OCH3 is 2. The van der Waals surface area contributed by atoms with Crippen LogP contribution in [-0.2, 0) is 63.7 Å². The van der Waals surface area contributed by atoms with Gasteiger partial charge in [0, 0.05) is 32.5 Å². The van der Waals surface area contributed by atoms with Crippen molar-refractivity contribution in [3.8, 4) is 0 Å². The molecule has 0 aliphatic carbocycles. The van der Waals surface area contributed by atoms with Crippen molar-refractivity contribution >= 4 is 29.8 Å². The van der Waals surface area contributed by atoms with E-state index in [4.69, 9.17) is 33.2 Å². The van der Waals surface area contributed by atoms with Crippen LogP contribution in [0.2, 0.25) is 0 Å². The SMILES string of the molecule is CCC(CC(CC(CC(C)(C)C(=O)OCCOC)C(=O)OCCN(CC)CC)C(=O)OCCOC)C(=O)OCCOC(=O)Cn1cc(C)c(=O)[nH]c1=O. The number of nitrogens with zero attached hydrogens (tertiary/aromatic N) is 2. The van der Waals surface area contributed by atoms with Gasteiger partial charge in [-0.15, -0.1) is 0 Å². The van der Waals surface area contributed by atoms with Gasteiger partial charge in [-0.3, -0.25) is 38.3 Å². The number of rotatable bonds is 27. The van der Waals surface area contributed by atoms with E-state index in [0.717, 1.165) is 17.7 Å². The Morgan fingerprint density at radius 3 is 1.83 bits per heavy atom. The molecule has 0 aliphatic rings. The maximum Gasteiger partial charge on any atom is 0.328 e. The van der Waals surface area contributed by atoms with Gasteiger partial charge in [-0.25, -0.2) is 4.79 Å². The second-order valence-electron chi connectivity index (χ2n) is 13.1. The molecule has 0 saturated heterocycles. The fourth-order valence-electron chi connectivity index (χ4n) is 5.39. The molecular weight excluding hydrogens is 698 g/mol. The number of aromatic nitrogens is 2. The number of carbonyl (C=O) groups is 5. The molecule has 0 bridgehead atoms. The molecule has 53 heavy (non-hydrogen) atoms. The van der Waals surface area contributed by atoms with Gasteiger partial charge < -0.3 is 38.1 Å². The molecule has 0 aromatic carbocycles. The average Bonchev–Trinajstić information content (AvgIpc) is 3.11. The standard InChI is InChI=1S/C36H59N3O14/c1-9-26(31(42)52-19-18-49-29(40)24-39-23-25(4)30(41)37-35(39)46)20-27(32(43)51-16-14-47-7)21-28(33(44)50-13-12-38(10-2)11-3)22-36(5,6)34(45)53-17-15-48-8/h23,26-28H,9-22,24H2,1-8H3,(H,37,41,46). The molecule has 1 aromatic rings. The summed E-state index contributed by atoms with van der Waals surface area (Å²) in [7, 11) is 2.93. The number of aryl methyl sites for hydroxylation is 1. The average molecular weight is 758 g/mol. The normalized spacial score (nSPS) is 13.2. The smallest absolute Gasteiger partial charge is 0.328 e. The summed E-state index contributed by atoms with van der Waals surface area (Å²) in [5, 5.41) is 0. The molecular formula is C36H59N3O14. The zero-order valence-corrected chi connectivity index (χ0v) is 32.5. The molecule has 17 heteroatoms. The number of carbonyl (C=O) groups excluding carboxylic acids is 5. The fourth-order valence-corrected chi connectivity index (χ4v) is 5.39. The lowest BCUT2D eigenvalue weighted by Gasteiger charge is -2.30. The Hall–Kier alpha value is -4.09. The Labute approximate surface area is 310 Å². The quantitative estimate of drug-likeness (QED) is 0.0769. The molecule has 0 aliphatic heterocycles. The minimum absolute atomic E-state index is 0.0118. The number of hydrogen-bond donors (Lipinski definition) is 1. The van der Waals surface area contributed by atoms with Gasteiger partial charge in [0.05, 0.1) is 36.4 Å². The molecule has 1 heterocycles. The molecule has 3 unspecified atom stereocenters. The lowest BCUT2D eigenvalue weighted by molar-refractivity contribution is -0.160. The lowest BCUT2D eigenvalue weighted by atomic mass is 9.77. The molecule has 1 rings (SSSR count). The van der Waals surface area contributed by atoms with Gasteiger partial charge in [0.25, 0.3) is 5.56 Å². The highest BCUT2D eigenvalue weighted by Gasteiger charge is 2.39. The number of H-pyrrole nitrogens is 1. The van der Waals surface area contributed by atoms with Crippen molar-refractivity contribution in [2.24, 2.45) is 23.2 Å². The van der Waals surface area contributed by atoms with Crippen LogP contribution in [0.3, 0.4) is 0 Å². The monoisotopic (exact) mass is 757 g/mol. The van der Waals surface area contributed by atoms with E-state index in [-0.39, 0.29) is 77.5 Å². The summed E-state index contributed by atoms with van der Waals surface area (Å²) in [4.78, 5) is 93.2. The van der Waals surface area contributed by atoms with Crippen molar-refractivity contribution in [2.45, 2.75) is 73.8 Å². The Balaban J connectivity index is 3.11. The van der Waals surface area contributed by atoms with E-state index in [0.29, 0.717) is 6.54 Å². The Morgan fingerprint density at radius 1 is 0.736 bits per heavy atom. The van der Waals surface area contributed by atoms with Crippen molar-refractivity contribution in [1.29, 1.82) is 0 Å². The summed E-state index contributed by atoms with van der Waals surface area (Å²) in [6, 6.07) is 0. The number of likely N-dealkylation sites (N-methyl/N-ethyl adjacent to an activating group) is 1. The van der Waals surface area contributed by atoms with Crippen LogP contribution in [0.4, 0.5) is 0 Å². The highest BCUT2D eigenvalue weighted by Crippen LogP contribution is 2.34. The maximum atomic E-state index is 13.6. The Morgan fingerprint density at radius 2 is 1.25 bits per heavy atom. The van der Waals surface area contributed by atoms with Crippen LogP contribution in [0.1, 0.15) is 65.9 Å². The number of nitrogens with one attached hydrogen (secondary N) is 1. The van der Waals surface area contributed by atoms with Crippen LogP contribution in [-0.4, -0.2) is 124 Å². The molecule has 0 spiro atoms. The number of aromatic amines is 1. The van der Waals surface area contributed by atoms with Crippen LogP contribution >= 0.6 is 0 Å². The van der Waals surface area contributed by atoms with Crippen LogP contribution in [0.25, 0.3) is 0 Å². The van der Waals surface area contributed by atoms with Gasteiger partial charge in [-0.1, -0.05) is 20.8 Å². The summed E-state index contributed by atoms with van der Waals surface area (Å²) >= 11 is 0. The van der Waals surface area contributed by atoms with Crippen molar-refractivity contribution in [1.82, 2.24) is 14.5 Å². The second kappa shape index (κ2) is 25.0. The molecule has 1 N–H and O–H groups in total.